The lowest BCUT2D eigenvalue weighted by Crippen LogP contribution is -2.33. The number of benzene rings is 2. The average molecular weight is 347 g/mol. The number of aliphatic hydroxyl groups is 1. The van der Waals surface area contributed by atoms with Crippen LogP contribution in [0, 0.1) is 6.92 Å². The predicted octanol–water partition coefficient (Wildman–Crippen LogP) is 4.32. The summed E-state index contributed by atoms with van der Waals surface area (Å²) in [4.78, 5) is 12.2. The standard InChI is InChI=1S/C19H23ClN2O2/c1-13(23)11-16(15-7-4-3-5-8-15)12-21-19(24)22-18-10-6-9-17(20)14(18)2/h3-10,13,16,23H,11-12H2,1-2H3,(H2,21,22,24). The molecule has 0 heterocycles. The van der Waals surface area contributed by atoms with Crippen LogP contribution < -0.4 is 10.6 Å². The van der Waals surface area contributed by atoms with E-state index in [2.05, 4.69) is 10.6 Å². The maximum Gasteiger partial charge on any atom is 0.319 e. The first-order chi connectivity index (χ1) is 11.5. The van der Waals surface area contributed by atoms with Crippen LogP contribution >= 0.6 is 11.6 Å². The van der Waals surface area contributed by atoms with Crippen LogP contribution in [0.3, 0.4) is 0 Å². The van der Waals surface area contributed by atoms with E-state index in [4.69, 9.17) is 11.6 Å². The lowest BCUT2D eigenvalue weighted by molar-refractivity contribution is 0.173. The highest BCUT2D eigenvalue weighted by Gasteiger charge is 2.15. The molecular weight excluding hydrogens is 324 g/mol. The van der Waals surface area contributed by atoms with Crippen molar-refractivity contribution in [2.75, 3.05) is 11.9 Å². The molecule has 24 heavy (non-hydrogen) atoms. The quantitative estimate of drug-likeness (QED) is 0.729. The topological polar surface area (TPSA) is 61.4 Å². The summed E-state index contributed by atoms with van der Waals surface area (Å²) >= 11 is 6.06. The summed E-state index contributed by atoms with van der Waals surface area (Å²) in [7, 11) is 0. The molecule has 0 aliphatic heterocycles. The zero-order valence-corrected chi connectivity index (χ0v) is 14.7. The van der Waals surface area contributed by atoms with Crippen molar-refractivity contribution in [2.45, 2.75) is 32.3 Å². The third-order valence-electron chi connectivity index (χ3n) is 3.92. The van der Waals surface area contributed by atoms with Gasteiger partial charge in [-0.2, -0.15) is 0 Å². The number of urea groups is 1. The van der Waals surface area contributed by atoms with Crippen molar-refractivity contribution in [3.63, 3.8) is 0 Å². The molecule has 0 fully saturated rings. The minimum absolute atomic E-state index is 0.0532. The Bertz CT molecular complexity index is 674. The Kier molecular flexibility index (Phi) is 6.64. The Labute approximate surface area is 147 Å². The van der Waals surface area contributed by atoms with Gasteiger partial charge in [0.25, 0.3) is 0 Å². The number of carbonyl (C=O) groups excluding carboxylic acids is 1. The number of aliphatic hydroxyl groups excluding tert-OH is 1. The number of hydrogen-bond acceptors (Lipinski definition) is 2. The molecule has 5 heteroatoms. The minimum Gasteiger partial charge on any atom is -0.393 e. The van der Waals surface area contributed by atoms with Crippen LogP contribution in [0.15, 0.2) is 48.5 Å². The maximum atomic E-state index is 12.2. The highest BCUT2D eigenvalue weighted by molar-refractivity contribution is 6.31. The molecule has 0 bridgehead atoms. The third-order valence-corrected chi connectivity index (χ3v) is 4.33. The van der Waals surface area contributed by atoms with E-state index in [0.29, 0.717) is 23.7 Å². The van der Waals surface area contributed by atoms with Crippen molar-refractivity contribution in [3.05, 3.63) is 64.7 Å². The lowest BCUT2D eigenvalue weighted by atomic mass is 9.93. The van der Waals surface area contributed by atoms with Crippen molar-refractivity contribution in [1.82, 2.24) is 5.32 Å². The van der Waals surface area contributed by atoms with Gasteiger partial charge in [-0.1, -0.05) is 48.0 Å². The first kappa shape index (κ1) is 18.3. The summed E-state index contributed by atoms with van der Waals surface area (Å²) in [6.45, 7) is 4.06. The third kappa shape index (κ3) is 5.25. The normalized spacial score (nSPS) is 13.2. The van der Waals surface area contributed by atoms with Gasteiger partial charge in [-0.05, 0) is 43.5 Å². The highest BCUT2D eigenvalue weighted by Crippen LogP contribution is 2.23. The van der Waals surface area contributed by atoms with Crippen molar-refractivity contribution >= 4 is 23.3 Å². The van der Waals surface area contributed by atoms with Gasteiger partial charge < -0.3 is 15.7 Å². The molecule has 0 aliphatic rings. The first-order valence-electron chi connectivity index (χ1n) is 8.00. The summed E-state index contributed by atoms with van der Waals surface area (Å²) < 4.78 is 0. The van der Waals surface area contributed by atoms with Gasteiger partial charge >= 0.3 is 6.03 Å². The van der Waals surface area contributed by atoms with Crippen molar-refractivity contribution in [1.29, 1.82) is 0 Å². The molecule has 0 spiro atoms. The van der Waals surface area contributed by atoms with Gasteiger partial charge in [0.1, 0.15) is 0 Å². The van der Waals surface area contributed by atoms with Gasteiger partial charge in [0.15, 0.2) is 0 Å². The fourth-order valence-electron chi connectivity index (χ4n) is 2.60. The molecule has 2 amide bonds. The second kappa shape index (κ2) is 8.71. The second-order valence-electron chi connectivity index (χ2n) is 5.94. The number of amides is 2. The molecule has 2 rings (SSSR count). The fraction of sp³-hybridized carbons (Fsp3) is 0.316. The Hall–Kier alpha value is -2.04. The van der Waals surface area contributed by atoms with Crippen molar-refractivity contribution in [3.8, 4) is 0 Å². The van der Waals surface area contributed by atoms with E-state index in [9.17, 15) is 9.90 Å². The first-order valence-corrected chi connectivity index (χ1v) is 8.38. The van der Waals surface area contributed by atoms with Crippen molar-refractivity contribution in [2.24, 2.45) is 0 Å². The van der Waals surface area contributed by atoms with Crippen LogP contribution in [0.25, 0.3) is 0 Å². The zero-order chi connectivity index (χ0) is 17.5. The summed E-state index contributed by atoms with van der Waals surface area (Å²) in [5, 5.41) is 16.0. The largest absolute Gasteiger partial charge is 0.393 e. The molecule has 2 aromatic carbocycles. The molecule has 4 nitrogen and oxygen atoms in total. The van der Waals surface area contributed by atoms with E-state index in [1.54, 1.807) is 19.1 Å². The highest BCUT2D eigenvalue weighted by atomic mass is 35.5. The summed E-state index contributed by atoms with van der Waals surface area (Å²) in [5.41, 5.74) is 2.61. The maximum absolute atomic E-state index is 12.2. The fourth-order valence-corrected chi connectivity index (χ4v) is 2.77. The Morgan fingerprint density at radius 3 is 2.54 bits per heavy atom. The Morgan fingerprint density at radius 1 is 1.17 bits per heavy atom. The molecule has 0 radical (unpaired) electrons. The molecule has 0 aliphatic carbocycles. The van der Waals surface area contributed by atoms with Gasteiger partial charge in [-0.3, -0.25) is 0 Å². The number of carbonyl (C=O) groups is 1. The van der Waals surface area contributed by atoms with E-state index >= 15 is 0 Å². The number of halogens is 1. The molecule has 2 atom stereocenters. The number of rotatable bonds is 6. The van der Waals surface area contributed by atoms with Gasteiger partial charge in [-0.15, -0.1) is 0 Å². The summed E-state index contributed by atoms with van der Waals surface area (Å²) in [6.07, 6.45) is 0.149. The van der Waals surface area contributed by atoms with Gasteiger partial charge in [0.2, 0.25) is 0 Å². The Morgan fingerprint density at radius 2 is 1.88 bits per heavy atom. The van der Waals surface area contributed by atoms with E-state index in [0.717, 1.165) is 11.1 Å². The van der Waals surface area contributed by atoms with E-state index in [1.807, 2.05) is 43.3 Å². The van der Waals surface area contributed by atoms with Crippen LogP contribution in [-0.2, 0) is 0 Å². The second-order valence-corrected chi connectivity index (χ2v) is 6.35. The van der Waals surface area contributed by atoms with Crippen molar-refractivity contribution < 1.29 is 9.90 Å². The molecule has 2 aromatic rings. The van der Waals surface area contributed by atoms with Crippen LogP contribution in [0.4, 0.5) is 10.5 Å². The number of anilines is 1. The van der Waals surface area contributed by atoms with Crippen LogP contribution in [0.2, 0.25) is 5.02 Å². The zero-order valence-electron chi connectivity index (χ0n) is 13.9. The Balaban J connectivity index is 1.98. The van der Waals surface area contributed by atoms with Crippen LogP contribution in [-0.4, -0.2) is 23.8 Å². The SMILES string of the molecule is Cc1c(Cl)cccc1NC(=O)NCC(CC(C)O)c1ccccc1. The average Bonchev–Trinajstić information content (AvgIpc) is 2.56. The monoisotopic (exact) mass is 346 g/mol. The molecular formula is C19H23ClN2O2. The van der Waals surface area contributed by atoms with E-state index in [-0.39, 0.29) is 11.9 Å². The molecule has 0 saturated carbocycles. The van der Waals surface area contributed by atoms with E-state index < -0.39 is 6.10 Å². The van der Waals surface area contributed by atoms with Crippen LogP contribution in [0.5, 0.6) is 0 Å². The smallest absolute Gasteiger partial charge is 0.319 e. The number of nitrogens with one attached hydrogen (secondary N) is 2. The summed E-state index contributed by atoms with van der Waals surface area (Å²) in [5.74, 6) is 0.0532. The lowest BCUT2D eigenvalue weighted by Gasteiger charge is -2.20. The molecule has 0 aromatic heterocycles. The van der Waals surface area contributed by atoms with Gasteiger partial charge in [0, 0.05) is 23.2 Å². The van der Waals surface area contributed by atoms with Gasteiger partial charge in [-0.25, -0.2) is 4.79 Å². The molecule has 128 valence electrons. The number of hydrogen-bond donors (Lipinski definition) is 3. The summed E-state index contributed by atoms with van der Waals surface area (Å²) in [6, 6.07) is 15.0. The predicted molar refractivity (Wildman–Crippen MR) is 98.7 cm³/mol. The molecule has 3 N–H and O–H groups in total. The van der Waals surface area contributed by atoms with Gasteiger partial charge in [0.05, 0.1) is 6.10 Å². The van der Waals surface area contributed by atoms with E-state index in [1.165, 1.54) is 0 Å². The molecule has 2 unspecified atom stereocenters. The van der Waals surface area contributed by atoms with Crippen LogP contribution in [0.1, 0.15) is 30.4 Å². The molecule has 0 saturated heterocycles. The minimum atomic E-state index is -0.435.